The molecule has 0 radical (unpaired) electrons. The minimum absolute atomic E-state index is 0.0120. The number of para-hydroxylation sites is 1. The van der Waals surface area contributed by atoms with Crippen LogP contribution < -0.4 is 10.1 Å². The highest BCUT2D eigenvalue weighted by molar-refractivity contribution is 8.01. The molecule has 3 rings (SSSR count). The lowest BCUT2D eigenvalue weighted by Crippen LogP contribution is -2.45. The molecule has 2 aliphatic rings. The van der Waals surface area contributed by atoms with Gasteiger partial charge in [-0.1, -0.05) is 23.9 Å². The zero-order chi connectivity index (χ0) is 9.43. The van der Waals surface area contributed by atoms with E-state index in [1.54, 1.807) is 0 Å². The van der Waals surface area contributed by atoms with E-state index in [0.717, 1.165) is 25.3 Å². The highest BCUT2D eigenvalue weighted by Crippen LogP contribution is 2.49. The second-order valence-corrected chi connectivity index (χ2v) is 5.23. The van der Waals surface area contributed by atoms with E-state index in [4.69, 9.17) is 4.74 Å². The van der Waals surface area contributed by atoms with Gasteiger partial charge in [-0.2, -0.15) is 0 Å². The van der Waals surface area contributed by atoms with Crippen molar-refractivity contribution in [2.24, 2.45) is 0 Å². The number of thioether (sulfide) groups is 1. The lowest BCUT2D eigenvalue weighted by molar-refractivity contribution is 0.140. The number of benzene rings is 1. The minimum Gasteiger partial charge on any atom is -0.474 e. The van der Waals surface area contributed by atoms with Gasteiger partial charge < -0.3 is 10.1 Å². The van der Waals surface area contributed by atoms with Crippen molar-refractivity contribution in [3.63, 3.8) is 0 Å². The van der Waals surface area contributed by atoms with E-state index in [0.29, 0.717) is 0 Å². The van der Waals surface area contributed by atoms with Gasteiger partial charge >= 0.3 is 0 Å². The Labute approximate surface area is 88.0 Å². The molecule has 0 aromatic heterocycles. The van der Waals surface area contributed by atoms with Gasteiger partial charge in [0, 0.05) is 6.54 Å². The molecule has 2 heterocycles. The first-order valence-electron chi connectivity index (χ1n) is 5.06. The summed E-state index contributed by atoms with van der Waals surface area (Å²) in [6, 6.07) is 8.31. The second-order valence-electron chi connectivity index (χ2n) is 3.84. The van der Waals surface area contributed by atoms with Gasteiger partial charge in [0.05, 0.1) is 4.90 Å². The van der Waals surface area contributed by atoms with Crippen LogP contribution in [0.2, 0.25) is 0 Å². The third-order valence-electron chi connectivity index (χ3n) is 2.75. The minimum atomic E-state index is -0.0120. The van der Waals surface area contributed by atoms with Gasteiger partial charge in [-0.15, -0.1) is 0 Å². The zero-order valence-electron chi connectivity index (χ0n) is 7.95. The smallest absolute Gasteiger partial charge is 0.171 e. The molecule has 14 heavy (non-hydrogen) atoms. The summed E-state index contributed by atoms with van der Waals surface area (Å²) in [7, 11) is 0. The molecule has 0 amide bonds. The fourth-order valence-electron chi connectivity index (χ4n) is 2.06. The van der Waals surface area contributed by atoms with Crippen LogP contribution in [0.4, 0.5) is 0 Å². The van der Waals surface area contributed by atoms with E-state index < -0.39 is 0 Å². The molecular formula is C11H13NOS. The summed E-state index contributed by atoms with van der Waals surface area (Å²) in [6.07, 6.45) is 2.36. The fraction of sp³-hybridized carbons (Fsp3) is 0.455. The van der Waals surface area contributed by atoms with Crippen LogP contribution in [0.5, 0.6) is 5.75 Å². The van der Waals surface area contributed by atoms with Gasteiger partial charge in [0.1, 0.15) is 5.75 Å². The van der Waals surface area contributed by atoms with Crippen LogP contribution in [0.15, 0.2) is 29.2 Å². The molecule has 1 saturated heterocycles. The lowest BCUT2D eigenvalue weighted by Gasteiger charge is -2.32. The average Bonchev–Trinajstić information content (AvgIpc) is 2.56. The number of hydrogen-bond acceptors (Lipinski definition) is 3. The third-order valence-corrected chi connectivity index (χ3v) is 4.11. The van der Waals surface area contributed by atoms with Crippen molar-refractivity contribution in [3.05, 3.63) is 24.3 Å². The molecule has 0 saturated carbocycles. The Balaban J connectivity index is 1.89. The normalized spacial score (nSPS) is 30.0. The van der Waals surface area contributed by atoms with Gasteiger partial charge in [-0.05, 0) is 31.5 Å². The van der Waals surface area contributed by atoms with E-state index in [9.17, 15) is 0 Å². The largest absolute Gasteiger partial charge is 0.474 e. The second kappa shape index (κ2) is 3.17. The lowest BCUT2D eigenvalue weighted by atomic mass is 10.1. The highest BCUT2D eigenvalue weighted by atomic mass is 32.2. The average molecular weight is 207 g/mol. The van der Waals surface area contributed by atoms with Gasteiger partial charge in [-0.25, -0.2) is 0 Å². The maximum atomic E-state index is 6.04. The molecule has 1 N–H and O–H groups in total. The van der Waals surface area contributed by atoms with Gasteiger partial charge in [-0.3, -0.25) is 0 Å². The standard InChI is InChI=1S/C11H13NOS/c1-2-5-10-9(4-1)13-11(14-10)6-3-7-12-8-11/h1-2,4-5,12H,3,6-8H2. The summed E-state index contributed by atoms with van der Waals surface area (Å²) in [5.41, 5.74) is 0. The van der Waals surface area contributed by atoms with Gasteiger partial charge in [0.15, 0.2) is 4.93 Å². The first-order chi connectivity index (χ1) is 6.88. The topological polar surface area (TPSA) is 21.3 Å². The molecule has 74 valence electrons. The van der Waals surface area contributed by atoms with Crippen molar-refractivity contribution in [1.82, 2.24) is 5.32 Å². The van der Waals surface area contributed by atoms with E-state index in [1.165, 1.54) is 11.3 Å². The summed E-state index contributed by atoms with van der Waals surface area (Å²) in [4.78, 5) is 1.28. The first-order valence-corrected chi connectivity index (χ1v) is 5.87. The quantitative estimate of drug-likeness (QED) is 0.705. The predicted octanol–water partition coefficient (Wildman–Crippen LogP) is 2.25. The molecule has 0 aliphatic carbocycles. The Hall–Kier alpha value is -0.670. The number of hydrogen-bond donors (Lipinski definition) is 1. The van der Waals surface area contributed by atoms with E-state index >= 15 is 0 Å². The number of piperidine rings is 1. The van der Waals surface area contributed by atoms with Crippen LogP contribution in [0.25, 0.3) is 0 Å². The molecule has 1 spiro atoms. The summed E-state index contributed by atoms with van der Waals surface area (Å²) >= 11 is 1.87. The molecule has 3 heteroatoms. The molecule has 1 aromatic carbocycles. The Kier molecular flexibility index (Phi) is 1.96. The van der Waals surface area contributed by atoms with Crippen LogP contribution in [0, 0.1) is 0 Å². The number of ether oxygens (including phenoxy) is 1. The molecule has 0 bridgehead atoms. The summed E-state index contributed by atoms with van der Waals surface area (Å²) < 4.78 is 6.04. The maximum Gasteiger partial charge on any atom is 0.171 e. The maximum absolute atomic E-state index is 6.04. The van der Waals surface area contributed by atoms with Crippen molar-refractivity contribution < 1.29 is 4.74 Å². The van der Waals surface area contributed by atoms with Crippen LogP contribution >= 0.6 is 11.8 Å². The summed E-state index contributed by atoms with van der Waals surface area (Å²) in [6.45, 7) is 2.09. The van der Waals surface area contributed by atoms with Crippen molar-refractivity contribution in [2.45, 2.75) is 22.7 Å². The van der Waals surface area contributed by atoms with E-state index in [2.05, 4.69) is 23.5 Å². The summed E-state index contributed by atoms with van der Waals surface area (Å²) in [5.74, 6) is 1.06. The number of rotatable bonds is 0. The van der Waals surface area contributed by atoms with Crippen LogP contribution in [0.3, 0.4) is 0 Å². The van der Waals surface area contributed by atoms with Crippen LogP contribution in [0.1, 0.15) is 12.8 Å². The van der Waals surface area contributed by atoms with Gasteiger partial charge in [0.2, 0.25) is 0 Å². The number of fused-ring (bicyclic) bond motifs is 1. The van der Waals surface area contributed by atoms with Crippen molar-refractivity contribution in [2.75, 3.05) is 13.1 Å². The molecule has 2 nitrogen and oxygen atoms in total. The Bertz CT molecular complexity index is 320. The molecule has 1 aromatic rings. The van der Waals surface area contributed by atoms with E-state index in [1.807, 2.05) is 17.8 Å². The van der Waals surface area contributed by atoms with Gasteiger partial charge in [0.25, 0.3) is 0 Å². The zero-order valence-corrected chi connectivity index (χ0v) is 8.77. The van der Waals surface area contributed by atoms with Crippen LogP contribution in [-0.2, 0) is 0 Å². The monoisotopic (exact) mass is 207 g/mol. The third kappa shape index (κ3) is 1.31. The highest BCUT2D eigenvalue weighted by Gasteiger charge is 2.41. The SMILES string of the molecule is c1ccc2c(c1)OC1(CCCNC1)S2. The Morgan fingerprint density at radius 3 is 3.07 bits per heavy atom. The van der Waals surface area contributed by atoms with Crippen molar-refractivity contribution in [3.8, 4) is 5.75 Å². The molecule has 1 atom stereocenters. The van der Waals surface area contributed by atoms with Crippen molar-refractivity contribution >= 4 is 11.8 Å². The predicted molar refractivity (Wildman–Crippen MR) is 57.8 cm³/mol. The number of nitrogens with one attached hydrogen (secondary N) is 1. The fourth-order valence-corrected chi connectivity index (χ4v) is 3.37. The molecule has 1 fully saturated rings. The molecule has 2 aliphatic heterocycles. The molecular weight excluding hydrogens is 194 g/mol. The van der Waals surface area contributed by atoms with Crippen molar-refractivity contribution in [1.29, 1.82) is 0 Å². The molecule has 1 unspecified atom stereocenters. The Morgan fingerprint density at radius 1 is 1.36 bits per heavy atom. The summed E-state index contributed by atoms with van der Waals surface area (Å²) in [5, 5.41) is 3.41. The van der Waals surface area contributed by atoms with E-state index in [-0.39, 0.29) is 4.93 Å². The first kappa shape index (κ1) is 8.62. The van der Waals surface area contributed by atoms with Crippen LogP contribution in [-0.4, -0.2) is 18.0 Å². The Morgan fingerprint density at radius 2 is 2.29 bits per heavy atom.